The number of hydrogen-bond acceptors (Lipinski definition) is 9. The van der Waals surface area contributed by atoms with Crippen LogP contribution in [0.25, 0.3) is 41.6 Å². The Labute approximate surface area is 250 Å². The van der Waals surface area contributed by atoms with E-state index in [2.05, 4.69) is 10.3 Å². The summed E-state index contributed by atoms with van der Waals surface area (Å²) in [6, 6.07) is 24.1. The fourth-order valence-electron chi connectivity index (χ4n) is 4.49. The van der Waals surface area contributed by atoms with Gasteiger partial charge in [-0.2, -0.15) is 0 Å². The van der Waals surface area contributed by atoms with Gasteiger partial charge in [-0.3, -0.25) is 4.79 Å². The number of thiazole rings is 2. The predicted octanol–water partition coefficient (Wildman–Crippen LogP) is 7.15. The summed E-state index contributed by atoms with van der Waals surface area (Å²) in [7, 11) is -0.730. The van der Waals surface area contributed by atoms with Gasteiger partial charge in [-0.25, -0.2) is 18.4 Å². The molecule has 0 unspecified atom stereocenters. The average Bonchev–Trinajstić information content (AvgIpc) is 3.56. The zero-order chi connectivity index (χ0) is 28.9. The maximum absolute atomic E-state index is 12.7. The van der Waals surface area contributed by atoms with Gasteiger partial charge in [0.15, 0.2) is 0 Å². The van der Waals surface area contributed by atoms with Gasteiger partial charge in [-0.05, 0) is 85.3 Å². The molecule has 6 rings (SSSR count). The smallest absolute Gasteiger partial charge is 0.255 e. The van der Waals surface area contributed by atoms with Crippen molar-refractivity contribution in [1.82, 2.24) is 16.1 Å². The molecule has 0 saturated heterocycles. The minimum atomic E-state index is -4.63. The summed E-state index contributed by atoms with van der Waals surface area (Å²) >= 11 is 2.72. The number of nitrogens with zero attached hydrogens (tertiary/aromatic N) is 3. The van der Waals surface area contributed by atoms with Crippen LogP contribution in [0.1, 0.15) is 15.9 Å². The van der Waals surface area contributed by atoms with Crippen molar-refractivity contribution < 1.29 is 17.8 Å². The van der Waals surface area contributed by atoms with Crippen molar-refractivity contribution >= 4 is 70.5 Å². The number of aryl methyl sites for hydroxylation is 1. The van der Waals surface area contributed by atoms with Gasteiger partial charge < -0.3 is 20.9 Å². The highest BCUT2D eigenvalue weighted by Crippen LogP contribution is 2.38. The Bertz CT molecular complexity index is 2050. The molecule has 0 spiro atoms. The molecule has 2 heterocycles. The van der Waals surface area contributed by atoms with E-state index >= 15 is 0 Å². The predicted molar refractivity (Wildman–Crippen MR) is 171 cm³/mol. The molecule has 9 nitrogen and oxygen atoms in total. The number of benzene rings is 4. The molecule has 12 heteroatoms. The van der Waals surface area contributed by atoms with Crippen LogP contribution in [-0.2, 0) is 10.1 Å². The van der Waals surface area contributed by atoms with E-state index in [4.69, 9.17) is 4.98 Å². The van der Waals surface area contributed by atoms with E-state index in [-0.39, 0.29) is 17.0 Å². The minimum absolute atomic E-state index is 0. The molecule has 2 aromatic heterocycles. The molecule has 1 amide bonds. The van der Waals surface area contributed by atoms with Crippen LogP contribution in [0.5, 0.6) is 0 Å². The molecule has 6 aromatic rings. The van der Waals surface area contributed by atoms with Crippen LogP contribution in [0.4, 0.5) is 11.4 Å². The standard InChI is InChI=1S/C30H24N4O4S3.H3N/c1-17-4-14-24-26(27(17)41(36,37)38)40-30(33-24)20-9-15-23-25(16-20)39-29(32-23)19-5-10-21(11-6-19)31-28(35)18-7-12-22(13-8-18)34(2)3;/h4-16H,1-3H3,(H,31,35)(H,36,37,38);1H3. The maximum Gasteiger partial charge on any atom is 0.255 e. The lowest BCUT2D eigenvalue weighted by Gasteiger charge is -2.12. The number of amides is 1. The van der Waals surface area contributed by atoms with Gasteiger partial charge in [0.2, 0.25) is 0 Å². The van der Waals surface area contributed by atoms with Crippen LogP contribution in [0.15, 0.2) is 83.8 Å². The molecule has 0 aliphatic carbocycles. The Balaban J connectivity index is 0.00000353. The van der Waals surface area contributed by atoms with Crippen LogP contribution in [0, 0.1) is 6.92 Å². The number of hydrogen-bond donors (Lipinski definition) is 2. The average molecular weight is 618 g/mol. The first-order valence-electron chi connectivity index (χ1n) is 12.5. The van der Waals surface area contributed by atoms with E-state index in [1.165, 1.54) is 22.7 Å². The van der Waals surface area contributed by atoms with E-state index in [9.17, 15) is 17.8 Å². The van der Waals surface area contributed by atoms with Crippen LogP contribution in [0.2, 0.25) is 0 Å². The van der Waals surface area contributed by atoms with Crippen molar-refractivity contribution in [2.75, 3.05) is 24.3 Å². The Morgan fingerprint density at radius 2 is 1.45 bits per heavy atom. The molecular weight excluding hydrogens is 591 g/mol. The third-order valence-electron chi connectivity index (χ3n) is 6.63. The van der Waals surface area contributed by atoms with E-state index in [0.29, 0.717) is 32.0 Å². The summed E-state index contributed by atoms with van der Waals surface area (Å²) in [6.45, 7) is 1.61. The summed E-state index contributed by atoms with van der Waals surface area (Å²) < 4.78 is 37.0. The van der Waals surface area contributed by atoms with Crippen molar-refractivity contribution in [3.05, 3.63) is 90.0 Å². The number of quaternary nitrogens is 1. The third kappa shape index (κ3) is 5.62. The maximum atomic E-state index is 12.7. The van der Waals surface area contributed by atoms with Crippen LogP contribution in [-0.4, -0.2) is 42.9 Å². The molecule has 0 bridgehead atoms. The van der Waals surface area contributed by atoms with Crippen molar-refractivity contribution in [3.63, 3.8) is 0 Å². The first-order chi connectivity index (χ1) is 19.6. The summed E-state index contributed by atoms with van der Waals surface area (Å²) in [5.41, 5.74) is 5.74. The summed E-state index contributed by atoms with van der Waals surface area (Å²) in [4.78, 5) is 23.8. The lowest BCUT2D eigenvalue weighted by Crippen LogP contribution is -2.13. The van der Waals surface area contributed by atoms with Gasteiger partial charge in [0.05, 0.1) is 25.3 Å². The number of rotatable bonds is 6. The van der Waals surface area contributed by atoms with E-state index < -0.39 is 10.1 Å². The number of carbonyl (C=O) groups is 1. The third-order valence-corrected chi connectivity index (χ3v) is 9.99. The molecule has 214 valence electrons. The van der Waals surface area contributed by atoms with Crippen LogP contribution in [0.3, 0.4) is 0 Å². The Hall–Kier alpha value is -4.20. The zero-order valence-corrected chi connectivity index (χ0v) is 25.7. The molecule has 5 N–H and O–H groups in total. The minimum Gasteiger partial charge on any atom is -0.744 e. The molecule has 0 fully saturated rings. The SMILES string of the molecule is Cc1ccc2nc(-c3ccc4nc(-c5ccc(NC(=O)c6ccc(N(C)C)cc6)cc5)sc4c3)sc2c1S(=O)(=O)[O-].[NH4+]. The number of aromatic nitrogens is 2. The Kier molecular flexibility index (Phi) is 7.84. The van der Waals surface area contributed by atoms with Crippen molar-refractivity contribution in [3.8, 4) is 21.1 Å². The second-order valence-electron chi connectivity index (χ2n) is 9.71. The molecule has 0 aliphatic rings. The monoisotopic (exact) mass is 617 g/mol. The normalized spacial score (nSPS) is 11.4. The molecule has 0 atom stereocenters. The topological polar surface area (TPSA) is 152 Å². The fourth-order valence-corrected chi connectivity index (χ4v) is 7.78. The fraction of sp³-hybridized carbons (Fsp3) is 0.100. The highest BCUT2D eigenvalue weighted by Gasteiger charge is 2.17. The van der Waals surface area contributed by atoms with E-state index in [1.807, 2.05) is 73.6 Å². The molecule has 0 aliphatic heterocycles. The summed E-state index contributed by atoms with van der Waals surface area (Å²) in [5, 5.41) is 4.39. The van der Waals surface area contributed by atoms with Gasteiger partial charge in [0, 0.05) is 42.2 Å². The van der Waals surface area contributed by atoms with Crippen LogP contribution < -0.4 is 16.4 Å². The second kappa shape index (κ2) is 11.2. The molecule has 42 heavy (non-hydrogen) atoms. The lowest BCUT2D eigenvalue weighted by molar-refractivity contribution is 0.102. The Morgan fingerprint density at radius 1 is 0.833 bits per heavy atom. The summed E-state index contributed by atoms with van der Waals surface area (Å²) in [6.07, 6.45) is 0. The first kappa shape index (κ1) is 29.3. The largest absolute Gasteiger partial charge is 0.744 e. The van der Waals surface area contributed by atoms with Crippen molar-refractivity contribution in [2.45, 2.75) is 11.8 Å². The van der Waals surface area contributed by atoms with Gasteiger partial charge >= 0.3 is 0 Å². The highest BCUT2D eigenvalue weighted by atomic mass is 32.2. The van der Waals surface area contributed by atoms with Gasteiger partial charge in [0.25, 0.3) is 5.91 Å². The molecule has 0 radical (unpaired) electrons. The van der Waals surface area contributed by atoms with Crippen LogP contribution >= 0.6 is 22.7 Å². The van der Waals surface area contributed by atoms with Crippen molar-refractivity contribution in [2.24, 2.45) is 0 Å². The van der Waals surface area contributed by atoms with E-state index in [0.717, 1.165) is 32.0 Å². The highest BCUT2D eigenvalue weighted by molar-refractivity contribution is 7.86. The second-order valence-corrected chi connectivity index (χ2v) is 13.1. The zero-order valence-electron chi connectivity index (χ0n) is 23.2. The number of carbonyl (C=O) groups excluding carboxylic acids is 1. The number of fused-ring (bicyclic) bond motifs is 2. The lowest BCUT2D eigenvalue weighted by atomic mass is 10.1. The van der Waals surface area contributed by atoms with Crippen molar-refractivity contribution in [1.29, 1.82) is 0 Å². The van der Waals surface area contributed by atoms with E-state index in [1.54, 1.807) is 31.2 Å². The van der Waals surface area contributed by atoms with Gasteiger partial charge in [-0.1, -0.05) is 6.07 Å². The number of nitrogens with one attached hydrogen (secondary N) is 1. The summed E-state index contributed by atoms with van der Waals surface area (Å²) in [5.74, 6) is -0.180. The number of anilines is 2. The first-order valence-corrected chi connectivity index (χ1v) is 15.6. The molecule has 4 aromatic carbocycles. The Morgan fingerprint density at radius 3 is 2.12 bits per heavy atom. The quantitative estimate of drug-likeness (QED) is 0.188. The molecule has 0 saturated carbocycles. The van der Waals surface area contributed by atoms with Gasteiger partial charge in [0.1, 0.15) is 20.1 Å². The molecular formula is C30H27N5O4S3. The van der Waals surface area contributed by atoms with Gasteiger partial charge in [-0.15, -0.1) is 22.7 Å².